The summed E-state index contributed by atoms with van der Waals surface area (Å²) in [5.41, 5.74) is 0.559. The van der Waals surface area contributed by atoms with Gasteiger partial charge >= 0.3 is 0 Å². The fourth-order valence-corrected chi connectivity index (χ4v) is 5.44. The Labute approximate surface area is 172 Å². The van der Waals surface area contributed by atoms with E-state index in [-0.39, 0.29) is 24.6 Å². The zero-order chi connectivity index (χ0) is 20.9. The maximum Gasteiger partial charge on any atom is 0.214 e. The van der Waals surface area contributed by atoms with Crippen molar-refractivity contribution >= 4 is 10.0 Å². The van der Waals surface area contributed by atoms with Crippen molar-refractivity contribution in [1.29, 1.82) is 5.26 Å². The van der Waals surface area contributed by atoms with Gasteiger partial charge in [0.2, 0.25) is 10.0 Å². The number of benzene rings is 1. The van der Waals surface area contributed by atoms with E-state index in [1.807, 2.05) is 6.92 Å². The van der Waals surface area contributed by atoms with Crippen LogP contribution in [0, 0.1) is 11.3 Å². The minimum atomic E-state index is -3.23. The minimum Gasteiger partial charge on any atom is -0.491 e. The molecule has 2 saturated heterocycles. The fraction of sp³-hybridized carbons (Fsp3) is 0.650. The largest absolute Gasteiger partial charge is 0.491 e. The average Bonchev–Trinajstić information content (AvgIpc) is 2.70. The van der Waals surface area contributed by atoms with Crippen molar-refractivity contribution in [2.24, 2.45) is 0 Å². The van der Waals surface area contributed by atoms with Crippen molar-refractivity contribution in [3.63, 3.8) is 0 Å². The molecule has 2 aliphatic heterocycles. The Morgan fingerprint density at radius 1 is 1.24 bits per heavy atom. The lowest BCUT2D eigenvalue weighted by Gasteiger charge is -2.45. The first kappa shape index (κ1) is 22.0. The van der Waals surface area contributed by atoms with Gasteiger partial charge in [0.1, 0.15) is 18.5 Å². The third-order valence-electron chi connectivity index (χ3n) is 5.17. The van der Waals surface area contributed by atoms with Crippen LogP contribution in [-0.2, 0) is 14.8 Å². The quantitative estimate of drug-likeness (QED) is 0.627. The first-order chi connectivity index (χ1) is 13.9. The van der Waals surface area contributed by atoms with Crippen molar-refractivity contribution in [1.82, 2.24) is 9.21 Å². The lowest BCUT2D eigenvalue weighted by Crippen LogP contribution is -2.61. The number of unbranched alkanes of at least 4 members (excludes halogenated alkanes) is 1. The second kappa shape index (κ2) is 9.87. The van der Waals surface area contributed by atoms with E-state index in [0.29, 0.717) is 50.5 Å². The number of morpholine rings is 2. The Kier molecular flexibility index (Phi) is 7.49. The maximum absolute atomic E-state index is 12.5. The minimum absolute atomic E-state index is 0.149. The van der Waals surface area contributed by atoms with Gasteiger partial charge in [-0.1, -0.05) is 13.3 Å². The summed E-state index contributed by atoms with van der Waals surface area (Å²) in [7, 11) is -3.23. The summed E-state index contributed by atoms with van der Waals surface area (Å²) in [5, 5.41) is 19.2. The molecule has 2 fully saturated rings. The summed E-state index contributed by atoms with van der Waals surface area (Å²) >= 11 is 0. The molecule has 3 atom stereocenters. The number of hydrogen-bond acceptors (Lipinski definition) is 7. The van der Waals surface area contributed by atoms with Crippen LogP contribution in [0.3, 0.4) is 0 Å². The van der Waals surface area contributed by atoms with E-state index in [2.05, 4.69) is 11.0 Å². The molecule has 0 saturated carbocycles. The lowest BCUT2D eigenvalue weighted by molar-refractivity contribution is -0.128. The number of nitrogens with zero attached hydrogens (tertiary/aromatic N) is 3. The molecule has 29 heavy (non-hydrogen) atoms. The number of rotatable bonds is 9. The highest BCUT2D eigenvalue weighted by molar-refractivity contribution is 7.89. The number of ether oxygens (including phenoxy) is 2. The summed E-state index contributed by atoms with van der Waals surface area (Å²) in [6, 6.07) is 8.81. The molecule has 0 aromatic heterocycles. The molecule has 1 N–H and O–H groups in total. The molecule has 0 spiro atoms. The Hall–Kier alpha value is -1.70. The fourth-order valence-electron chi connectivity index (χ4n) is 3.74. The number of aliphatic hydroxyl groups excluding tert-OH is 1. The Balaban J connectivity index is 1.46. The first-order valence-corrected chi connectivity index (χ1v) is 11.7. The molecule has 8 nitrogen and oxygen atoms in total. The van der Waals surface area contributed by atoms with Gasteiger partial charge in [-0.15, -0.1) is 0 Å². The van der Waals surface area contributed by atoms with Gasteiger partial charge in [-0.05, 0) is 30.7 Å². The second-order valence-electron chi connectivity index (χ2n) is 7.69. The number of sulfonamides is 1. The average molecular weight is 424 g/mol. The molecule has 0 amide bonds. The standard InChI is InChI=1S/C20H29N3O5S/c1-2-3-8-29(25,26)23-13-19-11-22(12-20(14-23)28-19)10-17(24)15-27-18-6-4-16(9-21)5-7-18/h4-7,17,19-20,24H,2-3,8,10-15H2,1H3. The summed E-state index contributed by atoms with van der Waals surface area (Å²) in [5.74, 6) is 0.799. The number of fused-ring (bicyclic) bond motifs is 2. The molecule has 3 rings (SSSR count). The van der Waals surface area contributed by atoms with Gasteiger partial charge in [0, 0.05) is 32.7 Å². The topological polar surface area (TPSA) is 103 Å². The van der Waals surface area contributed by atoms with E-state index >= 15 is 0 Å². The van der Waals surface area contributed by atoms with Crippen molar-refractivity contribution in [2.45, 2.75) is 38.1 Å². The molecule has 2 bridgehead atoms. The van der Waals surface area contributed by atoms with Gasteiger partial charge in [0.25, 0.3) is 0 Å². The van der Waals surface area contributed by atoms with E-state index in [4.69, 9.17) is 14.7 Å². The van der Waals surface area contributed by atoms with Gasteiger partial charge in [-0.2, -0.15) is 9.57 Å². The molecule has 0 radical (unpaired) electrons. The monoisotopic (exact) mass is 423 g/mol. The smallest absolute Gasteiger partial charge is 0.214 e. The van der Waals surface area contributed by atoms with Crippen molar-refractivity contribution in [3.8, 4) is 11.8 Å². The summed E-state index contributed by atoms with van der Waals surface area (Å²) in [6.45, 7) is 4.49. The van der Waals surface area contributed by atoms with Gasteiger partial charge < -0.3 is 14.6 Å². The normalized spacial score (nSPS) is 24.0. The summed E-state index contributed by atoms with van der Waals surface area (Å²) in [4.78, 5) is 2.11. The van der Waals surface area contributed by atoms with Crippen LogP contribution >= 0.6 is 0 Å². The molecule has 1 aromatic carbocycles. The van der Waals surface area contributed by atoms with Crippen LogP contribution in [0.5, 0.6) is 5.75 Å². The number of nitriles is 1. The van der Waals surface area contributed by atoms with E-state index < -0.39 is 16.1 Å². The van der Waals surface area contributed by atoms with Gasteiger partial charge in [-0.25, -0.2) is 8.42 Å². The third kappa shape index (κ3) is 6.14. The second-order valence-corrected chi connectivity index (χ2v) is 9.77. The predicted octanol–water partition coefficient (Wildman–Crippen LogP) is 0.813. The highest BCUT2D eigenvalue weighted by atomic mass is 32.2. The van der Waals surface area contributed by atoms with Crippen molar-refractivity contribution in [2.75, 3.05) is 45.1 Å². The van der Waals surface area contributed by atoms with Crippen LogP contribution in [0.15, 0.2) is 24.3 Å². The van der Waals surface area contributed by atoms with E-state index in [9.17, 15) is 13.5 Å². The molecular formula is C20H29N3O5S. The highest BCUT2D eigenvalue weighted by Crippen LogP contribution is 2.22. The van der Waals surface area contributed by atoms with E-state index in [1.54, 1.807) is 28.6 Å². The van der Waals surface area contributed by atoms with Crippen LogP contribution < -0.4 is 4.74 Å². The molecular weight excluding hydrogens is 394 g/mol. The number of hydrogen-bond donors (Lipinski definition) is 1. The Morgan fingerprint density at radius 3 is 2.48 bits per heavy atom. The highest BCUT2D eigenvalue weighted by Gasteiger charge is 2.39. The van der Waals surface area contributed by atoms with Gasteiger partial charge in [0.15, 0.2) is 0 Å². The zero-order valence-electron chi connectivity index (χ0n) is 16.7. The van der Waals surface area contributed by atoms with E-state index in [1.165, 1.54) is 0 Å². The predicted molar refractivity (Wildman–Crippen MR) is 108 cm³/mol. The van der Waals surface area contributed by atoms with Crippen molar-refractivity contribution < 1.29 is 23.0 Å². The van der Waals surface area contributed by atoms with Gasteiger partial charge in [-0.3, -0.25) is 4.90 Å². The van der Waals surface area contributed by atoms with Crippen LogP contribution in [0.2, 0.25) is 0 Å². The zero-order valence-corrected chi connectivity index (χ0v) is 17.6. The molecule has 3 unspecified atom stereocenters. The lowest BCUT2D eigenvalue weighted by atomic mass is 10.1. The molecule has 0 aliphatic carbocycles. The summed E-state index contributed by atoms with van der Waals surface area (Å²) in [6.07, 6.45) is 0.504. The Bertz CT molecular complexity index is 794. The summed E-state index contributed by atoms with van der Waals surface area (Å²) < 4.78 is 38.1. The molecule has 160 valence electrons. The number of β-amino-alcohol motifs (C(OH)–C–C–N with tert-alkyl or cyclic N) is 1. The molecule has 9 heteroatoms. The molecule has 2 aliphatic rings. The first-order valence-electron chi connectivity index (χ1n) is 10.1. The SMILES string of the molecule is CCCCS(=O)(=O)N1CC2CN(CC(O)COc3ccc(C#N)cc3)CC(C1)O2. The van der Waals surface area contributed by atoms with Gasteiger partial charge in [0.05, 0.1) is 29.6 Å². The van der Waals surface area contributed by atoms with Crippen LogP contribution in [0.25, 0.3) is 0 Å². The van der Waals surface area contributed by atoms with Crippen LogP contribution in [0.4, 0.5) is 0 Å². The molecule has 1 aromatic rings. The van der Waals surface area contributed by atoms with Crippen LogP contribution in [0.1, 0.15) is 25.3 Å². The van der Waals surface area contributed by atoms with Crippen molar-refractivity contribution in [3.05, 3.63) is 29.8 Å². The third-order valence-corrected chi connectivity index (χ3v) is 7.06. The molecule has 2 heterocycles. The Morgan fingerprint density at radius 2 is 1.90 bits per heavy atom. The van der Waals surface area contributed by atoms with Crippen LogP contribution in [-0.4, -0.2) is 86.1 Å². The maximum atomic E-state index is 12.5. The van der Waals surface area contributed by atoms with E-state index in [0.717, 1.165) is 6.42 Å². The number of aliphatic hydroxyl groups is 1.